The second-order valence-electron chi connectivity index (χ2n) is 7.29. The second kappa shape index (κ2) is 8.30. The molecule has 0 aromatic heterocycles. The number of rotatable bonds is 5. The maximum atomic E-state index is 12.9. The van der Waals surface area contributed by atoms with E-state index < -0.39 is 33.1 Å². The Balaban J connectivity index is 1.70. The van der Waals surface area contributed by atoms with E-state index in [1.165, 1.54) is 28.6 Å². The normalized spacial score (nSPS) is 17.6. The SMILES string of the molecule is NC1(C(=O)Cc2cccc(C(F)(F)F)c2)CCN(S(=O)(=O)c2ccccc2Cl)CC1. The number of ketones is 1. The molecule has 30 heavy (non-hydrogen) atoms. The molecule has 5 nitrogen and oxygen atoms in total. The van der Waals surface area contributed by atoms with E-state index in [2.05, 4.69) is 0 Å². The van der Waals surface area contributed by atoms with E-state index in [-0.39, 0.29) is 47.8 Å². The lowest BCUT2D eigenvalue weighted by atomic mass is 9.82. The number of hydrogen-bond donors (Lipinski definition) is 1. The Morgan fingerprint density at radius 1 is 1.10 bits per heavy atom. The average molecular weight is 461 g/mol. The molecule has 0 amide bonds. The van der Waals surface area contributed by atoms with Crippen LogP contribution in [0.4, 0.5) is 13.2 Å². The largest absolute Gasteiger partial charge is 0.416 e. The first kappa shape index (κ1) is 22.7. The molecule has 1 saturated heterocycles. The minimum absolute atomic E-state index is 0.0123. The van der Waals surface area contributed by atoms with Crippen LogP contribution < -0.4 is 5.73 Å². The molecule has 3 rings (SSSR count). The lowest BCUT2D eigenvalue weighted by Gasteiger charge is -2.37. The van der Waals surface area contributed by atoms with Gasteiger partial charge in [-0.1, -0.05) is 41.9 Å². The topological polar surface area (TPSA) is 80.5 Å². The zero-order chi connectivity index (χ0) is 22.2. The number of carbonyl (C=O) groups excluding carboxylic acids is 1. The van der Waals surface area contributed by atoms with Crippen LogP contribution in [0.1, 0.15) is 24.0 Å². The zero-order valence-corrected chi connectivity index (χ0v) is 17.4. The quantitative estimate of drug-likeness (QED) is 0.738. The number of nitrogens with two attached hydrogens (primary N) is 1. The first-order valence-electron chi connectivity index (χ1n) is 9.16. The van der Waals surface area contributed by atoms with Crippen molar-refractivity contribution in [3.05, 3.63) is 64.7 Å². The number of carbonyl (C=O) groups is 1. The van der Waals surface area contributed by atoms with E-state index >= 15 is 0 Å². The minimum atomic E-state index is -4.50. The van der Waals surface area contributed by atoms with Crippen LogP contribution in [0.15, 0.2) is 53.4 Å². The van der Waals surface area contributed by atoms with Crippen LogP contribution in [-0.2, 0) is 27.4 Å². The molecule has 1 aliphatic rings. The summed E-state index contributed by atoms with van der Waals surface area (Å²) in [5.41, 5.74) is 4.30. The Morgan fingerprint density at radius 3 is 2.33 bits per heavy atom. The molecule has 2 N–H and O–H groups in total. The fraction of sp³-hybridized carbons (Fsp3) is 0.350. The second-order valence-corrected chi connectivity index (χ2v) is 9.60. The summed E-state index contributed by atoms with van der Waals surface area (Å²) >= 11 is 6.00. The van der Waals surface area contributed by atoms with Gasteiger partial charge in [0.15, 0.2) is 5.78 Å². The predicted octanol–water partition coefficient (Wildman–Crippen LogP) is 3.65. The van der Waals surface area contributed by atoms with Gasteiger partial charge in [0.25, 0.3) is 0 Å². The van der Waals surface area contributed by atoms with Crippen molar-refractivity contribution < 1.29 is 26.4 Å². The van der Waals surface area contributed by atoms with Gasteiger partial charge >= 0.3 is 6.18 Å². The summed E-state index contributed by atoms with van der Waals surface area (Å²) in [6.07, 6.45) is -4.63. The number of piperidine rings is 1. The molecule has 0 spiro atoms. The Kier molecular flexibility index (Phi) is 6.29. The number of Topliss-reactive ketones (excluding diaryl/α,β-unsaturated/α-hetero) is 1. The van der Waals surface area contributed by atoms with Crippen LogP contribution in [0.3, 0.4) is 0 Å². The lowest BCUT2D eigenvalue weighted by molar-refractivity contribution is -0.137. The van der Waals surface area contributed by atoms with Crippen LogP contribution in [0, 0.1) is 0 Å². The summed E-state index contributed by atoms with van der Waals surface area (Å²) < 4.78 is 65.5. The van der Waals surface area contributed by atoms with Gasteiger partial charge in [-0.3, -0.25) is 4.79 Å². The van der Waals surface area contributed by atoms with E-state index in [1.807, 2.05) is 0 Å². The Morgan fingerprint density at radius 2 is 1.73 bits per heavy atom. The average Bonchev–Trinajstić information content (AvgIpc) is 2.68. The molecule has 0 radical (unpaired) electrons. The van der Waals surface area contributed by atoms with Crippen molar-refractivity contribution >= 4 is 27.4 Å². The summed E-state index contributed by atoms with van der Waals surface area (Å²) in [5.74, 6) is -0.420. The molecule has 0 atom stereocenters. The highest BCUT2D eigenvalue weighted by Gasteiger charge is 2.41. The number of nitrogens with zero attached hydrogens (tertiary/aromatic N) is 1. The van der Waals surface area contributed by atoms with Crippen molar-refractivity contribution in [1.29, 1.82) is 0 Å². The molecule has 0 aliphatic carbocycles. The zero-order valence-electron chi connectivity index (χ0n) is 15.8. The smallest absolute Gasteiger partial charge is 0.319 e. The van der Waals surface area contributed by atoms with Crippen molar-refractivity contribution in [2.75, 3.05) is 13.1 Å². The van der Waals surface area contributed by atoms with E-state index in [1.54, 1.807) is 12.1 Å². The van der Waals surface area contributed by atoms with Gasteiger partial charge in [0, 0.05) is 19.5 Å². The predicted molar refractivity (Wildman–Crippen MR) is 107 cm³/mol. The third kappa shape index (κ3) is 4.69. The molecule has 2 aromatic carbocycles. The summed E-state index contributed by atoms with van der Waals surface area (Å²) in [6, 6.07) is 10.6. The number of sulfonamides is 1. The Bertz CT molecular complexity index is 1050. The number of alkyl halides is 3. The van der Waals surface area contributed by atoms with E-state index in [0.717, 1.165) is 12.1 Å². The molecule has 0 bridgehead atoms. The molecule has 1 aliphatic heterocycles. The summed E-state index contributed by atoms with van der Waals surface area (Å²) in [6.45, 7) is 0.0246. The summed E-state index contributed by atoms with van der Waals surface area (Å²) in [4.78, 5) is 12.7. The molecule has 10 heteroatoms. The minimum Gasteiger partial charge on any atom is -0.319 e. The summed E-state index contributed by atoms with van der Waals surface area (Å²) in [5, 5.41) is 0.0997. The highest BCUT2D eigenvalue weighted by Crippen LogP contribution is 2.32. The van der Waals surface area contributed by atoms with Crippen LogP contribution in [0.2, 0.25) is 5.02 Å². The molecule has 0 saturated carbocycles. The number of hydrogen-bond acceptors (Lipinski definition) is 4. The van der Waals surface area contributed by atoms with E-state index in [9.17, 15) is 26.4 Å². The molecule has 162 valence electrons. The molecule has 1 heterocycles. The van der Waals surface area contributed by atoms with Crippen LogP contribution >= 0.6 is 11.6 Å². The van der Waals surface area contributed by atoms with Gasteiger partial charge in [-0.2, -0.15) is 17.5 Å². The van der Waals surface area contributed by atoms with Crippen LogP contribution in [0.5, 0.6) is 0 Å². The molecular formula is C20H20ClF3N2O3S. The van der Waals surface area contributed by atoms with Crippen molar-refractivity contribution in [2.45, 2.75) is 35.9 Å². The Labute approximate surface area is 177 Å². The van der Waals surface area contributed by atoms with Gasteiger partial charge in [0.1, 0.15) is 4.90 Å². The van der Waals surface area contributed by atoms with Gasteiger partial charge in [-0.05, 0) is 36.6 Å². The highest BCUT2D eigenvalue weighted by atomic mass is 35.5. The van der Waals surface area contributed by atoms with E-state index in [0.29, 0.717) is 0 Å². The van der Waals surface area contributed by atoms with Crippen LogP contribution in [-0.4, -0.2) is 37.1 Å². The maximum Gasteiger partial charge on any atom is 0.416 e. The Hall–Kier alpha value is -1.94. The van der Waals surface area contributed by atoms with Crippen LogP contribution in [0.25, 0.3) is 0 Å². The monoisotopic (exact) mass is 460 g/mol. The van der Waals surface area contributed by atoms with Gasteiger partial charge in [0.05, 0.1) is 16.1 Å². The van der Waals surface area contributed by atoms with Crippen molar-refractivity contribution in [2.24, 2.45) is 5.73 Å². The van der Waals surface area contributed by atoms with Crippen molar-refractivity contribution in [3.8, 4) is 0 Å². The highest BCUT2D eigenvalue weighted by molar-refractivity contribution is 7.89. The van der Waals surface area contributed by atoms with Gasteiger partial charge < -0.3 is 5.73 Å². The van der Waals surface area contributed by atoms with E-state index in [4.69, 9.17) is 17.3 Å². The number of benzene rings is 2. The molecule has 0 unspecified atom stereocenters. The van der Waals surface area contributed by atoms with Gasteiger partial charge in [0.2, 0.25) is 10.0 Å². The molecular weight excluding hydrogens is 441 g/mol. The fourth-order valence-electron chi connectivity index (χ4n) is 3.42. The third-order valence-corrected chi connectivity index (χ3v) is 7.64. The van der Waals surface area contributed by atoms with Gasteiger partial charge in [-0.25, -0.2) is 8.42 Å². The van der Waals surface area contributed by atoms with Crippen molar-refractivity contribution in [1.82, 2.24) is 4.31 Å². The molecule has 1 fully saturated rings. The van der Waals surface area contributed by atoms with Crippen molar-refractivity contribution in [3.63, 3.8) is 0 Å². The fourth-order valence-corrected chi connectivity index (χ4v) is 5.35. The number of halogens is 4. The van der Waals surface area contributed by atoms with Gasteiger partial charge in [-0.15, -0.1) is 0 Å². The third-order valence-electron chi connectivity index (χ3n) is 5.24. The molecule has 2 aromatic rings. The standard InChI is InChI=1S/C20H20ClF3N2O3S/c21-16-6-1-2-7-17(16)30(28,29)26-10-8-19(25,9-11-26)18(27)13-14-4-3-5-15(12-14)20(22,23)24/h1-7,12H,8-11,13,25H2. The lowest BCUT2D eigenvalue weighted by Crippen LogP contribution is -2.57. The first-order valence-corrected chi connectivity index (χ1v) is 11.0. The maximum absolute atomic E-state index is 12.9. The first-order chi connectivity index (χ1) is 13.9. The summed E-state index contributed by atoms with van der Waals surface area (Å²) in [7, 11) is -3.84.